The predicted molar refractivity (Wildman–Crippen MR) is 118 cm³/mol. The molecule has 7 nitrogen and oxygen atoms in total. The zero-order valence-electron chi connectivity index (χ0n) is 16.9. The number of thiophene rings is 1. The molecular formula is C22H21N5O2S. The Morgan fingerprint density at radius 1 is 1.10 bits per heavy atom. The Morgan fingerprint density at radius 3 is 2.67 bits per heavy atom. The van der Waals surface area contributed by atoms with E-state index in [-0.39, 0.29) is 11.8 Å². The first-order chi connectivity index (χ1) is 14.5. The molecule has 0 saturated heterocycles. The molecule has 0 fully saturated rings. The van der Waals surface area contributed by atoms with Crippen molar-refractivity contribution < 1.29 is 9.59 Å². The van der Waals surface area contributed by atoms with Gasteiger partial charge in [0.1, 0.15) is 0 Å². The highest BCUT2D eigenvalue weighted by atomic mass is 32.1. The number of hydrogen-bond donors (Lipinski definition) is 2. The number of amides is 2. The lowest BCUT2D eigenvalue weighted by Gasteiger charge is -2.12. The van der Waals surface area contributed by atoms with E-state index in [1.54, 1.807) is 48.8 Å². The average molecular weight is 420 g/mol. The van der Waals surface area contributed by atoms with Crippen LogP contribution in [0.25, 0.3) is 11.0 Å². The van der Waals surface area contributed by atoms with Crippen LogP contribution in [0.5, 0.6) is 0 Å². The fourth-order valence-corrected chi connectivity index (χ4v) is 4.05. The quantitative estimate of drug-likeness (QED) is 0.515. The molecule has 0 aliphatic rings. The van der Waals surface area contributed by atoms with Crippen molar-refractivity contribution in [3.63, 3.8) is 0 Å². The van der Waals surface area contributed by atoms with Crippen molar-refractivity contribution in [2.24, 2.45) is 0 Å². The van der Waals surface area contributed by atoms with Crippen molar-refractivity contribution in [1.29, 1.82) is 0 Å². The minimum absolute atomic E-state index is 0.194. The summed E-state index contributed by atoms with van der Waals surface area (Å²) < 4.78 is 1.81. The highest BCUT2D eigenvalue weighted by Crippen LogP contribution is 2.24. The lowest BCUT2D eigenvalue weighted by atomic mass is 10.1. The van der Waals surface area contributed by atoms with Crippen LogP contribution in [-0.4, -0.2) is 33.6 Å². The fraction of sp³-hybridized carbons (Fsp3) is 0.182. The smallest absolute Gasteiger partial charge is 0.256 e. The van der Waals surface area contributed by atoms with Crippen molar-refractivity contribution in [3.05, 3.63) is 75.2 Å². The van der Waals surface area contributed by atoms with Gasteiger partial charge < -0.3 is 10.6 Å². The van der Waals surface area contributed by atoms with Crippen LogP contribution in [0.15, 0.2) is 48.0 Å². The molecule has 4 aromatic rings. The van der Waals surface area contributed by atoms with Crippen molar-refractivity contribution in [1.82, 2.24) is 20.1 Å². The summed E-state index contributed by atoms with van der Waals surface area (Å²) in [5.74, 6) is -0.459. The van der Waals surface area contributed by atoms with Gasteiger partial charge in [0, 0.05) is 28.9 Å². The van der Waals surface area contributed by atoms with Gasteiger partial charge in [-0.3, -0.25) is 9.59 Å². The van der Waals surface area contributed by atoms with Crippen LogP contribution in [0.1, 0.15) is 36.9 Å². The number of aryl methyl sites for hydroxylation is 1. The molecule has 1 aromatic carbocycles. The number of aromatic nitrogens is 3. The van der Waals surface area contributed by atoms with Crippen LogP contribution in [0.3, 0.4) is 0 Å². The number of hydrogen-bond acceptors (Lipinski definition) is 5. The maximum atomic E-state index is 13.1. The van der Waals surface area contributed by atoms with Gasteiger partial charge in [0.25, 0.3) is 11.8 Å². The molecule has 0 aliphatic carbocycles. The summed E-state index contributed by atoms with van der Waals surface area (Å²) in [4.78, 5) is 31.0. The lowest BCUT2D eigenvalue weighted by Crippen LogP contribution is -2.20. The number of pyridine rings is 1. The Hall–Kier alpha value is -3.52. The molecule has 0 spiro atoms. The molecule has 0 bridgehead atoms. The predicted octanol–water partition coefficient (Wildman–Crippen LogP) is 3.77. The maximum Gasteiger partial charge on any atom is 0.256 e. The summed E-state index contributed by atoms with van der Waals surface area (Å²) in [6.45, 7) is 4.27. The lowest BCUT2D eigenvalue weighted by molar-refractivity contribution is 0.0960. The summed E-state index contributed by atoms with van der Waals surface area (Å²) in [6, 6.07) is 11.1. The summed E-state index contributed by atoms with van der Waals surface area (Å²) in [6.07, 6.45) is 1.68. The van der Waals surface area contributed by atoms with E-state index in [4.69, 9.17) is 0 Å². The van der Waals surface area contributed by atoms with Gasteiger partial charge in [-0.15, -0.1) is 11.3 Å². The van der Waals surface area contributed by atoms with Gasteiger partial charge in [-0.25, -0.2) is 9.67 Å². The highest BCUT2D eigenvalue weighted by Gasteiger charge is 2.18. The van der Waals surface area contributed by atoms with Crippen LogP contribution in [0, 0.1) is 13.8 Å². The van der Waals surface area contributed by atoms with Crippen LogP contribution in [-0.2, 0) is 6.54 Å². The Balaban J connectivity index is 1.69. The maximum absolute atomic E-state index is 13.1. The molecule has 4 rings (SSSR count). The monoisotopic (exact) mass is 419 g/mol. The number of benzene rings is 1. The molecule has 152 valence electrons. The van der Waals surface area contributed by atoms with Crippen LogP contribution >= 0.6 is 11.3 Å². The molecule has 3 aromatic heterocycles. The first kappa shape index (κ1) is 19.8. The van der Waals surface area contributed by atoms with Gasteiger partial charge in [-0.1, -0.05) is 12.1 Å². The molecule has 8 heteroatoms. The minimum atomic E-state index is -0.265. The molecule has 2 amide bonds. The number of anilines is 1. The minimum Gasteiger partial charge on any atom is -0.355 e. The second-order valence-corrected chi connectivity index (χ2v) is 7.97. The van der Waals surface area contributed by atoms with Crippen LogP contribution in [0.2, 0.25) is 0 Å². The van der Waals surface area contributed by atoms with Gasteiger partial charge >= 0.3 is 0 Å². The second kappa shape index (κ2) is 8.08. The number of rotatable bonds is 5. The van der Waals surface area contributed by atoms with E-state index in [1.807, 2.05) is 36.0 Å². The van der Waals surface area contributed by atoms with E-state index < -0.39 is 0 Å². The van der Waals surface area contributed by atoms with E-state index in [9.17, 15) is 9.59 Å². The van der Waals surface area contributed by atoms with Gasteiger partial charge in [0.05, 0.1) is 23.7 Å². The first-order valence-electron chi connectivity index (χ1n) is 9.46. The van der Waals surface area contributed by atoms with Gasteiger partial charge in [0.15, 0.2) is 5.65 Å². The third kappa shape index (κ3) is 3.69. The van der Waals surface area contributed by atoms with Crippen molar-refractivity contribution in [3.8, 4) is 0 Å². The molecule has 3 heterocycles. The van der Waals surface area contributed by atoms with Crippen LogP contribution < -0.4 is 10.6 Å². The van der Waals surface area contributed by atoms with Gasteiger partial charge in [-0.05, 0) is 49.1 Å². The number of carbonyl (C=O) groups excluding carboxylic acids is 2. The molecule has 0 radical (unpaired) electrons. The van der Waals surface area contributed by atoms with Crippen molar-refractivity contribution in [2.45, 2.75) is 20.4 Å². The molecule has 0 unspecified atom stereocenters. The number of nitrogens with one attached hydrogen (secondary N) is 2. The molecule has 2 N–H and O–H groups in total. The molecular weight excluding hydrogens is 398 g/mol. The van der Waals surface area contributed by atoms with Gasteiger partial charge in [0.2, 0.25) is 0 Å². The van der Waals surface area contributed by atoms with Gasteiger partial charge in [-0.2, -0.15) is 5.10 Å². The zero-order chi connectivity index (χ0) is 21.3. The molecule has 0 saturated carbocycles. The Kier molecular flexibility index (Phi) is 5.33. The van der Waals surface area contributed by atoms with E-state index >= 15 is 0 Å². The topological polar surface area (TPSA) is 88.9 Å². The number of carbonyl (C=O) groups is 2. The number of nitrogens with zero attached hydrogens (tertiary/aromatic N) is 3. The Bertz CT molecular complexity index is 1240. The largest absolute Gasteiger partial charge is 0.355 e. The Labute approximate surface area is 177 Å². The average Bonchev–Trinajstić information content (AvgIpc) is 3.39. The summed E-state index contributed by atoms with van der Waals surface area (Å²) in [5, 5.41) is 12.7. The van der Waals surface area contributed by atoms with Crippen molar-refractivity contribution >= 4 is 39.9 Å². The normalized spacial score (nSPS) is 10.9. The highest BCUT2D eigenvalue weighted by molar-refractivity contribution is 7.09. The summed E-state index contributed by atoms with van der Waals surface area (Å²) in [5.41, 5.74) is 3.73. The van der Waals surface area contributed by atoms with E-state index in [2.05, 4.69) is 20.7 Å². The third-order valence-electron chi connectivity index (χ3n) is 4.92. The van der Waals surface area contributed by atoms with Crippen LogP contribution in [0.4, 0.5) is 5.69 Å². The second-order valence-electron chi connectivity index (χ2n) is 6.94. The van der Waals surface area contributed by atoms with E-state index in [1.165, 1.54) is 0 Å². The summed E-state index contributed by atoms with van der Waals surface area (Å²) >= 11 is 1.65. The number of fused-ring (bicyclic) bond motifs is 1. The van der Waals surface area contributed by atoms with E-state index in [0.717, 1.165) is 10.6 Å². The molecule has 30 heavy (non-hydrogen) atoms. The first-order valence-corrected chi connectivity index (χ1v) is 10.3. The van der Waals surface area contributed by atoms with E-state index in [0.29, 0.717) is 40.0 Å². The zero-order valence-corrected chi connectivity index (χ0v) is 17.7. The van der Waals surface area contributed by atoms with Crippen molar-refractivity contribution in [2.75, 3.05) is 12.4 Å². The standard InChI is InChI=1S/C22H21N5O2S/c1-13-10-17(18-11-24-27(20(18)25-13)12-15-6-5-9-30-15)22(29)26-19-8-4-7-16(14(19)2)21(28)23-3/h4-11H,12H2,1-3H3,(H,23,28)(H,26,29). The summed E-state index contributed by atoms with van der Waals surface area (Å²) in [7, 11) is 1.58. The SMILES string of the molecule is CNC(=O)c1cccc(NC(=O)c2cc(C)nc3c2cnn3Cc2cccs2)c1C. The fourth-order valence-electron chi connectivity index (χ4n) is 3.37. The molecule has 0 atom stereocenters. The third-order valence-corrected chi connectivity index (χ3v) is 5.78. The molecule has 0 aliphatic heterocycles. The Morgan fingerprint density at radius 2 is 1.93 bits per heavy atom.